The largest absolute Gasteiger partial charge is 0.368 e. The van der Waals surface area contributed by atoms with Crippen LogP contribution in [0.2, 0.25) is 0 Å². The number of carbonyl (C=O) groups excluding carboxylic acids is 2. The number of nitrogens with zero attached hydrogens (tertiary/aromatic N) is 2. The zero-order valence-electron chi connectivity index (χ0n) is 16.2. The Morgan fingerprint density at radius 2 is 1.57 bits per heavy atom. The van der Waals surface area contributed by atoms with Crippen molar-refractivity contribution >= 4 is 29.3 Å². The van der Waals surface area contributed by atoms with Crippen LogP contribution < -0.4 is 10.2 Å². The van der Waals surface area contributed by atoms with Crippen molar-refractivity contribution in [2.45, 2.75) is 23.5 Å². The quantitative estimate of drug-likeness (QED) is 0.730. The van der Waals surface area contributed by atoms with Gasteiger partial charge in [-0.2, -0.15) is 0 Å². The van der Waals surface area contributed by atoms with E-state index in [4.69, 9.17) is 0 Å². The fourth-order valence-corrected chi connectivity index (χ4v) is 4.12. The van der Waals surface area contributed by atoms with Crippen molar-refractivity contribution in [1.29, 1.82) is 0 Å². The molecular formula is C22H27N3O2S. The fourth-order valence-electron chi connectivity index (χ4n) is 3.20. The van der Waals surface area contributed by atoms with Crippen LogP contribution in [0.5, 0.6) is 0 Å². The highest BCUT2D eigenvalue weighted by atomic mass is 32.2. The van der Waals surface area contributed by atoms with Gasteiger partial charge in [-0.1, -0.05) is 36.4 Å². The number of thioether (sulfide) groups is 1. The normalized spacial score (nSPS) is 15.2. The van der Waals surface area contributed by atoms with E-state index in [0.29, 0.717) is 13.0 Å². The van der Waals surface area contributed by atoms with Crippen molar-refractivity contribution in [1.82, 2.24) is 10.2 Å². The molecule has 1 saturated heterocycles. The Bertz CT molecular complexity index is 762. The molecule has 0 aromatic heterocycles. The smallest absolute Gasteiger partial charge is 0.233 e. The first-order valence-electron chi connectivity index (χ1n) is 9.70. The van der Waals surface area contributed by atoms with Gasteiger partial charge in [-0.25, -0.2) is 0 Å². The molecule has 0 saturated carbocycles. The Kier molecular flexibility index (Phi) is 7.37. The van der Waals surface area contributed by atoms with Gasteiger partial charge >= 0.3 is 0 Å². The number of nitrogens with one attached hydrogen (secondary N) is 1. The van der Waals surface area contributed by atoms with Crippen LogP contribution in [0.3, 0.4) is 0 Å². The summed E-state index contributed by atoms with van der Waals surface area (Å²) in [7, 11) is 0. The Hall–Kier alpha value is -2.47. The van der Waals surface area contributed by atoms with E-state index in [1.165, 1.54) is 17.4 Å². The van der Waals surface area contributed by atoms with E-state index in [0.717, 1.165) is 31.1 Å². The number of para-hydroxylation sites is 1. The summed E-state index contributed by atoms with van der Waals surface area (Å²) in [5.74, 6) is 0.0759. The van der Waals surface area contributed by atoms with Crippen LogP contribution in [-0.2, 0) is 9.59 Å². The minimum Gasteiger partial charge on any atom is -0.368 e. The van der Waals surface area contributed by atoms with Crippen LogP contribution >= 0.6 is 11.8 Å². The second-order valence-corrected chi connectivity index (χ2v) is 8.23. The zero-order chi connectivity index (χ0) is 19.8. The van der Waals surface area contributed by atoms with Gasteiger partial charge < -0.3 is 15.1 Å². The van der Waals surface area contributed by atoms with Gasteiger partial charge in [0.1, 0.15) is 0 Å². The van der Waals surface area contributed by atoms with Gasteiger partial charge in [0.15, 0.2) is 0 Å². The van der Waals surface area contributed by atoms with Crippen molar-refractivity contribution in [2.75, 3.05) is 37.6 Å². The molecule has 2 aromatic rings. The molecule has 0 radical (unpaired) electrons. The first-order chi connectivity index (χ1) is 13.6. The second-order valence-electron chi connectivity index (χ2n) is 6.82. The Morgan fingerprint density at radius 3 is 2.21 bits per heavy atom. The van der Waals surface area contributed by atoms with Gasteiger partial charge in [0.25, 0.3) is 0 Å². The zero-order valence-corrected chi connectivity index (χ0v) is 17.0. The van der Waals surface area contributed by atoms with Crippen molar-refractivity contribution in [3.05, 3.63) is 60.7 Å². The standard InChI is InChI=1S/C22H27N3O2S/c1-18(28-20-10-6-3-7-11-20)22(27)23-13-12-21(26)25-16-14-24(15-17-25)19-8-4-2-5-9-19/h2-11,18H,12-17H2,1H3,(H,23,27). The molecule has 1 aliphatic heterocycles. The monoisotopic (exact) mass is 397 g/mol. The number of carbonyl (C=O) groups is 2. The predicted molar refractivity (Wildman–Crippen MR) is 115 cm³/mol. The molecule has 0 aliphatic carbocycles. The molecule has 1 atom stereocenters. The highest BCUT2D eigenvalue weighted by molar-refractivity contribution is 8.00. The highest BCUT2D eigenvalue weighted by Crippen LogP contribution is 2.22. The number of anilines is 1. The summed E-state index contributed by atoms with van der Waals surface area (Å²) in [6, 6.07) is 20.1. The molecule has 28 heavy (non-hydrogen) atoms. The molecule has 6 heteroatoms. The SMILES string of the molecule is CC(Sc1ccccc1)C(=O)NCCC(=O)N1CCN(c2ccccc2)CC1. The third-order valence-electron chi connectivity index (χ3n) is 4.82. The van der Waals surface area contributed by atoms with E-state index in [1.54, 1.807) is 0 Å². The Morgan fingerprint density at radius 1 is 0.964 bits per heavy atom. The van der Waals surface area contributed by atoms with Crippen molar-refractivity contribution in [2.24, 2.45) is 0 Å². The number of benzene rings is 2. The third-order valence-corrected chi connectivity index (χ3v) is 5.93. The first kappa shape index (κ1) is 20.3. The molecule has 2 aromatic carbocycles. The van der Waals surface area contributed by atoms with Crippen LogP contribution in [-0.4, -0.2) is 54.7 Å². The summed E-state index contributed by atoms with van der Waals surface area (Å²) >= 11 is 1.52. The maximum absolute atomic E-state index is 12.4. The Balaban J connectivity index is 1.36. The van der Waals surface area contributed by atoms with Gasteiger partial charge in [-0.05, 0) is 31.2 Å². The fraction of sp³-hybridized carbons (Fsp3) is 0.364. The summed E-state index contributed by atoms with van der Waals surface area (Å²) in [6.07, 6.45) is 0.347. The van der Waals surface area contributed by atoms with Gasteiger partial charge in [0.2, 0.25) is 11.8 Å². The van der Waals surface area contributed by atoms with Gasteiger partial charge in [-0.15, -0.1) is 11.8 Å². The number of hydrogen-bond acceptors (Lipinski definition) is 4. The molecule has 3 rings (SSSR count). The summed E-state index contributed by atoms with van der Waals surface area (Å²) in [4.78, 5) is 29.9. The van der Waals surface area contributed by atoms with Crippen LogP contribution in [0, 0.1) is 0 Å². The van der Waals surface area contributed by atoms with Crippen LogP contribution in [0.4, 0.5) is 5.69 Å². The molecule has 5 nitrogen and oxygen atoms in total. The predicted octanol–water partition coefficient (Wildman–Crippen LogP) is 3.02. The average Bonchev–Trinajstić information content (AvgIpc) is 2.75. The maximum Gasteiger partial charge on any atom is 0.233 e. The van der Waals surface area contributed by atoms with E-state index >= 15 is 0 Å². The summed E-state index contributed by atoms with van der Waals surface area (Å²) in [5.41, 5.74) is 1.20. The minimum absolute atomic E-state index is 0.0319. The lowest BCUT2D eigenvalue weighted by Crippen LogP contribution is -2.49. The first-order valence-corrected chi connectivity index (χ1v) is 10.6. The minimum atomic E-state index is -0.188. The molecule has 1 heterocycles. The maximum atomic E-state index is 12.4. The van der Waals surface area contributed by atoms with Gasteiger partial charge in [-0.3, -0.25) is 9.59 Å². The van der Waals surface area contributed by atoms with Crippen molar-refractivity contribution in [3.63, 3.8) is 0 Å². The second kappa shape index (κ2) is 10.2. The van der Waals surface area contributed by atoms with Crippen molar-refractivity contribution in [3.8, 4) is 0 Å². The molecule has 1 aliphatic rings. The lowest BCUT2D eigenvalue weighted by Gasteiger charge is -2.36. The van der Waals surface area contributed by atoms with Crippen LogP contribution in [0.25, 0.3) is 0 Å². The molecule has 1 N–H and O–H groups in total. The molecule has 1 unspecified atom stereocenters. The van der Waals surface area contributed by atoms with Gasteiger partial charge in [0.05, 0.1) is 5.25 Å². The van der Waals surface area contributed by atoms with E-state index in [1.807, 2.05) is 60.4 Å². The van der Waals surface area contributed by atoms with E-state index in [2.05, 4.69) is 22.3 Å². The van der Waals surface area contributed by atoms with Gasteiger partial charge in [0, 0.05) is 49.7 Å². The summed E-state index contributed by atoms with van der Waals surface area (Å²) in [5, 5.41) is 2.70. The number of hydrogen-bond donors (Lipinski definition) is 1. The van der Waals surface area contributed by atoms with Crippen LogP contribution in [0.15, 0.2) is 65.6 Å². The highest BCUT2D eigenvalue weighted by Gasteiger charge is 2.21. The average molecular weight is 398 g/mol. The van der Waals surface area contributed by atoms with E-state index in [-0.39, 0.29) is 17.1 Å². The molecule has 0 spiro atoms. The lowest BCUT2D eigenvalue weighted by molar-refractivity contribution is -0.131. The molecule has 2 amide bonds. The molecule has 0 bridgehead atoms. The Labute approximate surface area is 171 Å². The molecular weight excluding hydrogens is 370 g/mol. The van der Waals surface area contributed by atoms with E-state index < -0.39 is 0 Å². The number of piperazine rings is 1. The number of amides is 2. The number of rotatable bonds is 7. The summed E-state index contributed by atoms with van der Waals surface area (Å²) < 4.78 is 0. The third kappa shape index (κ3) is 5.76. The van der Waals surface area contributed by atoms with Crippen LogP contribution in [0.1, 0.15) is 13.3 Å². The van der Waals surface area contributed by atoms with E-state index in [9.17, 15) is 9.59 Å². The lowest BCUT2D eigenvalue weighted by atomic mass is 10.2. The van der Waals surface area contributed by atoms with Crippen molar-refractivity contribution < 1.29 is 9.59 Å². The summed E-state index contributed by atoms with van der Waals surface area (Å²) in [6.45, 7) is 5.40. The molecule has 1 fully saturated rings. The molecule has 148 valence electrons. The topological polar surface area (TPSA) is 52.7 Å².